The predicted molar refractivity (Wildman–Crippen MR) is 98.1 cm³/mol. The Balaban J connectivity index is 1.38. The molecule has 4 saturated carbocycles. The van der Waals surface area contributed by atoms with E-state index in [1.54, 1.807) is 12.1 Å². The fraction of sp³-hybridized carbons (Fsp3) is 0.579. The summed E-state index contributed by atoms with van der Waals surface area (Å²) in [6.45, 7) is -0.378. The number of amides is 1. The van der Waals surface area contributed by atoms with Crippen LogP contribution in [-0.4, -0.2) is 29.2 Å². The normalized spacial score (nSPS) is 34.6. The number of benzene rings is 1. The Bertz CT molecular complexity index is 752. The zero-order valence-electron chi connectivity index (χ0n) is 14.3. The molecule has 26 heavy (non-hydrogen) atoms. The minimum Gasteiger partial charge on any atom is -0.455 e. The highest BCUT2D eigenvalue weighted by molar-refractivity contribution is 6.35. The van der Waals surface area contributed by atoms with Crippen molar-refractivity contribution in [3.05, 3.63) is 28.2 Å². The van der Waals surface area contributed by atoms with Crippen LogP contribution in [0, 0.1) is 17.3 Å². The van der Waals surface area contributed by atoms with Gasteiger partial charge in [0.2, 0.25) is 0 Å². The summed E-state index contributed by atoms with van der Waals surface area (Å²) in [7, 11) is 0. The molecule has 1 aromatic carbocycles. The molecule has 0 radical (unpaired) electrons. The van der Waals surface area contributed by atoms with Crippen LogP contribution in [0.15, 0.2) is 18.2 Å². The van der Waals surface area contributed by atoms with Gasteiger partial charge in [-0.3, -0.25) is 9.59 Å². The average Bonchev–Trinajstić information content (AvgIpc) is 2.53. The number of anilines is 1. The molecule has 0 saturated heterocycles. The van der Waals surface area contributed by atoms with Crippen LogP contribution in [0.25, 0.3) is 0 Å². The summed E-state index contributed by atoms with van der Waals surface area (Å²) in [5.41, 5.74) is -0.990. The predicted octanol–water partition coefficient (Wildman–Crippen LogP) is 3.81. The van der Waals surface area contributed by atoms with Crippen LogP contribution in [0.4, 0.5) is 5.69 Å². The van der Waals surface area contributed by atoms with Gasteiger partial charge < -0.3 is 15.2 Å². The van der Waals surface area contributed by atoms with Crippen molar-refractivity contribution in [2.24, 2.45) is 17.3 Å². The molecule has 0 spiro atoms. The molecule has 0 aliphatic heterocycles. The first-order chi connectivity index (χ1) is 12.3. The quantitative estimate of drug-likeness (QED) is 0.757. The van der Waals surface area contributed by atoms with Gasteiger partial charge in [0.1, 0.15) is 0 Å². The van der Waals surface area contributed by atoms with E-state index in [2.05, 4.69) is 5.32 Å². The second-order valence-electron chi connectivity index (χ2n) is 8.21. The standard InChI is InChI=1S/C19H21Cl2NO4/c20-13-1-2-14(21)15(4-13)22-16(23)9-26-17(24)18-5-11-3-12(6-18)8-19(25,7-11)10-18/h1-2,4,11-12,25H,3,5-10H2,(H,22,23)/t11-,12+,18?,19?. The van der Waals surface area contributed by atoms with Gasteiger partial charge in [-0.2, -0.15) is 0 Å². The first kappa shape index (κ1) is 18.1. The monoisotopic (exact) mass is 397 g/mol. The first-order valence-corrected chi connectivity index (χ1v) is 9.67. The Hall–Kier alpha value is -1.30. The summed E-state index contributed by atoms with van der Waals surface area (Å²) in [5, 5.41) is 14.1. The third kappa shape index (κ3) is 3.32. The third-order valence-electron chi connectivity index (χ3n) is 6.00. The largest absolute Gasteiger partial charge is 0.455 e. The number of carbonyl (C=O) groups is 2. The van der Waals surface area contributed by atoms with Crippen LogP contribution in [-0.2, 0) is 14.3 Å². The maximum atomic E-state index is 12.8. The van der Waals surface area contributed by atoms with Crippen molar-refractivity contribution < 1.29 is 19.4 Å². The van der Waals surface area contributed by atoms with E-state index in [1.165, 1.54) is 6.07 Å². The Morgan fingerprint density at radius 2 is 1.88 bits per heavy atom. The minimum atomic E-state index is -0.736. The van der Waals surface area contributed by atoms with Gasteiger partial charge in [-0.1, -0.05) is 23.2 Å². The lowest BCUT2D eigenvalue weighted by Gasteiger charge is -2.58. The molecule has 1 amide bonds. The highest BCUT2D eigenvalue weighted by Crippen LogP contribution is 2.61. The molecule has 1 aromatic rings. The van der Waals surface area contributed by atoms with Crippen molar-refractivity contribution in [1.29, 1.82) is 0 Å². The first-order valence-electron chi connectivity index (χ1n) is 8.92. The summed E-state index contributed by atoms with van der Waals surface area (Å²) in [6, 6.07) is 4.75. The van der Waals surface area contributed by atoms with Crippen molar-refractivity contribution in [3.63, 3.8) is 0 Å². The third-order valence-corrected chi connectivity index (χ3v) is 6.56. The van der Waals surface area contributed by atoms with Crippen molar-refractivity contribution >= 4 is 40.8 Å². The van der Waals surface area contributed by atoms with Gasteiger partial charge in [0.05, 0.1) is 21.7 Å². The molecule has 7 heteroatoms. The molecule has 5 nitrogen and oxygen atoms in total. The molecule has 0 heterocycles. The van der Waals surface area contributed by atoms with E-state index in [0.717, 1.165) is 32.1 Å². The second kappa shape index (κ2) is 6.39. The molecule has 4 aliphatic rings. The summed E-state index contributed by atoms with van der Waals surface area (Å²) in [4.78, 5) is 24.9. The Morgan fingerprint density at radius 3 is 2.54 bits per heavy atom. The highest BCUT2D eigenvalue weighted by Gasteiger charge is 2.60. The van der Waals surface area contributed by atoms with Crippen molar-refractivity contribution in [3.8, 4) is 0 Å². The number of rotatable bonds is 4. The molecule has 2 N–H and O–H groups in total. The molecule has 4 fully saturated rings. The number of aliphatic hydroxyl groups is 1. The average molecular weight is 398 g/mol. The fourth-order valence-electron chi connectivity index (χ4n) is 5.52. The van der Waals surface area contributed by atoms with Crippen LogP contribution < -0.4 is 5.32 Å². The number of hydrogen-bond acceptors (Lipinski definition) is 4. The molecule has 5 rings (SSSR count). The smallest absolute Gasteiger partial charge is 0.312 e. The fourth-order valence-corrected chi connectivity index (χ4v) is 5.85. The molecule has 4 atom stereocenters. The zero-order chi connectivity index (χ0) is 18.5. The molecule has 4 bridgehead atoms. The minimum absolute atomic E-state index is 0.359. The topological polar surface area (TPSA) is 75.6 Å². The van der Waals surface area contributed by atoms with Gasteiger partial charge in [-0.05, 0) is 68.6 Å². The van der Waals surface area contributed by atoms with Gasteiger partial charge in [-0.15, -0.1) is 0 Å². The Labute approximate surface area is 162 Å². The van der Waals surface area contributed by atoms with Crippen LogP contribution in [0.3, 0.4) is 0 Å². The lowest BCUT2D eigenvalue weighted by atomic mass is 9.48. The van der Waals surface area contributed by atoms with E-state index in [9.17, 15) is 14.7 Å². The van der Waals surface area contributed by atoms with Crippen LogP contribution in [0.2, 0.25) is 10.0 Å². The van der Waals surface area contributed by atoms with Gasteiger partial charge in [0.25, 0.3) is 5.91 Å². The second-order valence-corrected chi connectivity index (χ2v) is 9.06. The number of nitrogens with one attached hydrogen (secondary N) is 1. The molecule has 140 valence electrons. The van der Waals surface area contributed by atoms with E-state index in [0.29, 0.717) is 34.0 Å². The SMILES string of the molecule is O=C(COC(=O)C12C[C@@H]3C[C@@H](CC(O)(C3)C1)C2)Nc1cc(Cl)ccc1Cl. The molecular weight excluding hydrogens is 377 g/mol. The Kier molecular flexibility index (Phi) is 4.45. The highest BCUT2D eigenvalue weighted by atomic mass is 35.5. The van der Waals surface area contributed by atoms with Crippen molar-refractivity contribution in [2.45, 2.75) is 44.1 Å². The number of esters is 1. The lowest BCUT2D eigenvalue weighted by molar-refractivity contribution is -0.196. The van der Waals surface area contributed by atoms with E-state index in [-0.39, 0.29) is 12.6 Å². The van der Waals surface area contributed by atoms with E-state index in [1.807, 2.05) is 0 Å². The van der Waals surface area contributed by atoms with E-state index in [4.69, 9.17) is 27.9 Å². The van der Waals surface area contributed by atoms with Gasteiger partial charge in [-0.25, -0.2) is 0 Å². The number of hydrogen-bond donors (Lipinski definition) is 2. The van der Waals surface area contributed by atoms with Crippen LogP contribution in [0.1, 0.15) is 38.5 Å². The number of ether oxygens (including phenoxy) is 1. The zero-order valence-corrected chi connectivity index (χ0v) is 15.8. The van der Waals surface area contributed by atoms with Crippen LogP contribution in [0.5, 0.6) is 0 Å². The summed E-state index contributed by atoms with van der Waals surface area (Å²) in [5.74, 6) is -0.0656. The van der Waals surface area contributed by atoms with Gasteiger partial charge >= 0.3 is 5.97 Å². The van der Waals surface area contributed by atoms with Gasteiger partial charge in [0, 0.05) is 5.02 Å². The molecule has 0 aromatic heterocycles. The summed E-state index contributed by atoms with van der Waals surface area (Å²) >= 11 is 11.9. The van der Waals surface area contributed by atoms with Crippen LogP contribution >= 0.6 is 23.2 Å². The molecule has 4 aliphatic carbocycles. The molecule has 2 unspecified atom stereocenters. The Morgan fingerprint density at radius 1 is 1.19 bits per heavy atom. The maximum absolute atomic E-state index is 12.8. The van der Waals surface area contributed by atoms with E-state index < -0.39 is 16.9 Å². The van der Waals surface area contributed by atoms with Crippen molar-refractivity contribution in [1.82, 2.24) is 0 Å². The molecular formula is C19H21Cl2NO4. The van der Waals surface area contributed by atoms with Crippen molar-refractivity contribution in [2.75, 3.05) is 11.9 Å². The summed E-state index contributed by atoms with van der Waals surface area (Å²) < 4.78 is 5.34. The number of carbonyl (C=O) groups excluding carboxylic acids is 2. The van der Waals surface area contributed by atoms with Gasteiger partial charge in [0.15, 0.2) is 6.61 Å². The lowest BCUT2D eigenvalue weighted by Crippen LogP contribution is -2.58. The maximum Gasteiger partial charge on any atom is 0.312 e. The number of halogens is 2. The summed E-state index contributed by atoms with van der Waals surface area (Å²) in [6.07, 6.45) is 4.62. The van der Waals surface area contributed by atoms with E-state index >= 15 is 0 Å².